The van der Waals surface area contributed by atoms with Gasteiger partial charge in [0.15, 0.2) is 0 Å². The number of benzene rings is 1. The Balaban J connectivity index is 1.42. The third-order valence-corrected chi connectivity index (χ3v) is 7.81. The summed E-state index contributed by atoms with van der Waals surface area (Å²) in [6, 6.07) is 7.00. The lowest BCUT2D eigenvalue weighted by molar-refractivity contribution is -0.137. The highest BCUT2D eigenvalue weighted by molar-refractivity contribution is 7.89. The molecule has 1 atom stereocenters. The Kier molecular flexibility index (Phi) is 6.40. The predicted octanol–water partition coefficient (Wildman–Crippen LogP) is 2.92. The Bertz CT molecular complexity index is 1190. The molecule has 2 aliphatic heterocycles. The molecular weight excluding hydrogens is 473 g/mol. The molecule has 1 spiro atoms. The number of hydrogen-bond acceptors (Lipinski definition) is 6. The predicted molar refractivity (Wildman–Crippen MR) is 115 cm³/mol. The maximum Gasteiger partial charge on any atom is 0.416 e. The van der Waals surface area contributed by atoms with E-state index in [1.54, 1.807) is 24.5 Å². The number of hydrogen-bond donors (Lipinski definition) is 2. The van der Waals surface area contributed by atoms with Crippen molar-refractivity contribution < 1.29 is 31.2 Å². The van der Waals surface area contributed by atoms with Crippen LogP contribution in [-0.2, 0) is 25.8 Å². The number of aromatic nitrogens is 1. The maximum absolute atomic E-state index is 13.0. The van der Waals surface area contributed by atoms with Gasteiger partial charge in [0.1, 0.15) is 11.3 Å². The molecule has 0 bridgehead atoms. The summed E-state index contributed by atoms with van der Waals surface area (Å²) in [5.74, 6) is -0.382. The molecule has 1 fully saturated rings. The molecule has 2 aliphatic rings. The summed E-state index contributed by atoms with van der Waals surface area (Å²) < 4.78 is 66.0. The highest BCUT2D eigenvalue weighted by Gasteiger charge is 2.43. The van der Waals surface area contributed by atoms with E-state index in [1.165, 1.54) is 0 Å². The molecule has 0 radical (unpaired) electrons. The van der Waals surface area contributed by atoms with E-state index in [1.807, 2.05) is 13.0 Å². The largest absolute Gasteiger partial charge is 0.416 e. The van der Waals surface area contributed by atoms with Crippen LogP contribution in [0.15, 0.2) is 65.5 Å². The number of halogens is 3. The zero-order valence-electron chi connectivity index (χ0n) is 18.2. The Hall–Kier alpha value is -2.96. The monoisotopic (exact) mass is 496 g/mol. The van der Waals surface area contributed by atoms with Crippen LogP contribution in [0.3, 0.4) is 0 Å². The minimum Gasteiger partial charge on any atom is -0.344 e. The van der Waals surface area contributed by atoms with Crippen molar-refractivity contribution in [3.63, 3.8) is 0 Å². The molecule has 0 saturated carbocycles. The first-order valence-corrected chi connectivity index (χ1v) is 12.0. The van der Waals surface area contributed by atoms with Crippen molar-refractivity contribution >= 4 is 15.9 Å². The lowest BCUT2D eigenvalue weighted by atomic mass is 9.92. The van der Waals surface area contributed by atoms with Gasteiger partial charge in [0, 0.05) is 25.5 Å². The van der Waals surface area contributed by atoms with E-state index < -0.39 is 32.3 Å². The topological polar surface area (TPSA) is 101 Å². The van der Waals surface area contributed by atoms with Crippen LogP contribution in [0, 0.1) is 0 Å². The lowest BCUT2D eigenvalue weighted by Crippen LogP contribution is -2.46. The highest BCUT2D eigenvalue weighted by Crippen LogP contribution is 2.35. The number of nitrogens with one attached hydrogen (secondary N) is 2. The SMILES string of the molecule is CC(NC(=O)C1=CC2(CCN(S(=O)(=O)c3cccc(C(F)(F)F)c3)CC2)ON1)c1cccnc1. The van der Waals surface area contributed by atoms with Gasteiger partial charge in [-0.15, -0.1) is 0 Å². The number of carbonyl (C=O) groups excluding carboxylic acids is 1. The molecule has 2 aromatic rings. The molecule has 3 heterocycles. The fraction of sp³-hybridized carbons (Fsp3) is 0.364. The summed E-state index contributed by atoms with van der Waals surface area (Å²) in [6.45, 7) is 1.87. The standard InChI is InChI=1S/C22H23F3N4O4S/c1-15(16-4-3-9-26-14-16)27-20(30)19-13-21(33-28-19)7-10-29(11-8-21)34(31,32)18-6-2-5-17(12-18)22(23,24)25/h2-6,9,12-15,28H,7-8,10-11H2,1H3,(H,27,30). The maximum atomic E-state index is 13.0. The van der Waals surface area contributed by atoms with Crippen LogP contribution in [0.25, 0.3) is 0 Å². The molecule has 2 N–H and O–H groups in total. The third-order valence-electron chi connectivity index (χ3n) is 5.92. The number of amides is 1. The van der Waals surface area contributed by atoms with Crippen LogP contribution < -0.4 is 10.8 Å². The van der Waals surface area contributed by atoms with Gasteiger partial charge in [-0.25, -0.2) is 8.42 Å². The molecule has 34 heavy (non-hydrogen) atoms. The van der Waals surface area contributed by atoms with E-state index in [9.17, 15) is 26.4 Å². The van der Waals surface area contributed by atoms with Gasteiger partial charge in [-0.1, -0.05) is 12.1 Å². The van der Waals surface area contributed by atoms with E-state index >= 15 is 0 Å². The zero-order chi connectivity index (χ0) is 24.6. The number of pyridine rings is 1. The second kappa shape index (κ2) is 9.01. The molecule has 1 amide bonds. The Morgan fingerprint density at radius 2 is 1.97 bits per heavy atom. The molecule has 0 aliphatic carbocycles. The molecule has 182 valence electrons. The summed E-state index contributed by atoms with van der Waals surface area (Å²) in [7, 11) is -4.12. The van der Waals surface area contributed by atoms with Crippen molar-refractivity contribution in [2.24, 2.45) is 0 Å². The van der Waals surface area contributed by atoms with Crippen molar-refractivity contribution in [2.75, 3.05) is 13.1 Å². The molecule has 8 nitrogen and oxygen atoms in total. The number of rotatable bonds is 5. The minimum atomic E-state index is -4.64. The van der Waals surface area contributed by atoms with E-state index in [2.05, 4.69) is 15.8 Å². The van der Waals surface area contributed by atoms with E-state index in [0.717, 1.165) is 28.1 Å². The Labute approximate surface area is 194 Å². The van der Waals surface area contributed by atoms with Crippen molar-refractivity contribution in [2.45, 2.75) is 42.5 Å². The molecule has 1 aromatic heterocycles. The van der Waals surface area contributed by atoms with Crippen LogP contribution in [0.4, 0.5) is 13.2 Å². The average Bonchev–Trinajstić information content (AvgIpc) is 3.23. The second-order valence-corrected chi connectivity index (χ2v) is 10.2. The van der Waals surface area contributed by atoms with E-state index in [-0.39, 0.29) is 43.6 Å². The summed E-state index contributed by atoms with van der Waals surface area (Å²) >= 11 is 0. The van der Waals surface area contributed by atoms with Gasteiger partial charge in [0.2, 0.25) is 10.0 Å². The average molecular weight is 497 g/mol. The first-order chi connectivity index (χ1) is 16.0. The van der Waals surface area contributed by atoms with Gasteiger partial charge in [-0.2, -0.15) is 17.5 Å². The number of sulfonamides is 1. The van der Waals surface area contributed by atoms with Gasteiger partial charge in [-0.3, -0.25) is 20.1 Å². The smallest absolute Gasteiger partial charge is 0.344 e. The number of carbonyl (C=O) groups is 1. The van der Waals surface area contributed by atoms with Crippen LogP contribution in [0.1, 0.15) is 36.9 Å². The zero-order valence-corrected chi connectivity index (χ0v) is 19.0. The number of alkyl halides is 3. The lowest BCUT2D eigenvalue weighted by Gasteiger charge is -2.35. The summed E-state index contributed by atoms with van der Waals surface area (Å²) in [5.41, 5.74) is 1.76. The Morgan fingerprint density at radius 1 is 1.24 bits per heavy atom. The molecule has 4 rings (SSSR count). The molecule has 1 saturated heterocycles. The summed E-state index contributed by atoms with van der Waals surface area (Å²) in [6.07, 6.45) is 0.736. The molecular formula is C22H23F3N4O4S. The van der Waals surface area contributed by atoms with Gasteiger partial charge in [0.25, 0.3) is 5.91 Å². The van der Waals surface area contributed by atoms with E-state index in [0.29, 0.717) is 6.07 Å². The second-order valence-electron chi connectivity index (χ2n) is 8.24. The van der Waals surface area contributed by atoms with Crippen LogP contribution in [0.2, 0.25) is 0 Å². The number of hydroxylamine groups is 1. The molecule has 12 heteroatoms. The van der Waals surface area contributed by atoms with Crippen molar-refractivity contribution in [3.05, 3.63) is 71.7 Å². The quantitative estimate of drug-likeness (QED) is 0.660. The third kappa shape index (κ3) is 4.93. The number of piperidine rings is 1. The first-order valence-electron chi connectivity index (χ1n) is 10.6. The highest BCUT2D eigenvalue weighted by atomic mass is 32.2. The van der Waals surface area contributed by atoms with E-state index in [4.69, 9.17) is 4.84 Å². The normalized spacial score (nSPS) is 19.4. The van der Waals surface area contributed by atoms with Crippen molar-refractivity contribution in [3.8, 4) is 0 Å². The Morgan fingerprint density at radius 3 is 2.62 bits per heavy atom. The first kappa shape index (κ1) is 24.2. The van der Waals surface area contributed by atoms with Crippen molar-refractivity contribution in [1.29, 1.82) is 0 Å². The van der Waals surface area contributed by atoms with Gasteiger partial charge in [0.05, 0.1) is 16.5 Å². The van der Waals surface area contributed by atoms with Crippen LogP contribution in [0.5, 0.6) is 0 Å². The fourth-order valence-corrected chi connectivity index (χ4v) is 5.40. The summed E-state index contributed by atoms with van der Waals surface area (Å²) in [4.78, 5) is 21.9. The van der Waals surface area contributed by atoms with Gasteiger partial charge >= 0.3 is 6.18 Å². The van der Waals surface area contributed by atoms with Crippen LogP contribution in [-0.4, -0.2) is 42.3 Å². The van der Waals surface area contributed by atoms with Gasteiger partial charge < -0.3 is 5.32 Å². The fourth-order valence-electron chi connectivity index (χ4n) is 3.91. The molecule has 1 aromatic carbocycles. The molecule has 1 unspecified atom stereocenters. The summed E-state index contributed by atoms with van der Waals surface area (Å²) in [5, 5.41) is 2.84. The van der Waals surface area contributed by atoms with Gasteiger partial charge in [-0.05, 0) is 55.7 Å². The number of nitrogens with zero attached hydrogens (tertiary/aromatic N) is 2. The minimum absolute atomic E-state index is 0.0255. The van der Waals surface area contributed by atoms with Crippen molar-refractivity contribution in [1.82, 2.24) is 20.1 Å². The van der Waals surface area contributed by atoms with Crippen LogP contribution >= 0.6 is 0 Å².